The van der Waals surface area contributed by atoms with Gasteiger partial charge in [-0.25, -0.2) is 4.68 Å². The summed E-state index contributed by atoms with van der Waals surface area (Å²) in [7, 11) is 0. The summed E-state index contributed by atoms with van der Waals surface area (Å²) in [6.07, 6.45) is -0.303. The smallest absolute Gasteiger partial charge is 0.333 e. The Bertz CT molecular complexity index is 1400. The molecule has 1 aromatic carbocycles. The number of rotatable bonds is 5. The van der Waals surface area contributed by atoms with Crippen molar-refractivity contribution in [2.24, 2.45) is 0 Å². The third-order valence-electron chi connectivity index (χ3n) is 7.39. The molecule has 3 aromatic rings. The van der Waals surface area contributed by atoms with Crippen molar-refractivity contribution in [2.45, 2.75) is 71.1 Å². The fourth-order valence-electron chi connectivity index (χ4n) is 5.39. The number of hydrogen-bond acceptors (Lipinski definition) is 6. The van der Waals surface area contributed by atoms with Crippen molar-refractivity contribution in [1.82, 2.24) is 24.6 Å². The number of halogens is 3. The Morgan fingerprint density at radius 3 is 2.49 bits per heavy atom. The minimum absolute atomic E-state index is 0.0393. The van der Waals surface area contributed by atoms with Crippen molar-refractivity contribution in [1.29, 1.82) is 0 Å². The van der Waals surface area contributed by atoms with Crippen molar-refractivity contribution in [3.8, 4) is 0 Å². The molecule has 0 unspecified atom stereocenters. The summed E-state index contributed by atoms with van der Waals surface area (Å²) in [5.41, 5.74) is -0.683. The predicted molar refractivity (Wildman–Crippen MR) is 144 cm³/mol. The van der Waals surface area contributed by atoms with Gasteiger partial charge in [-0.15, -0.1) is 0 Å². The Hall–Kier alpha value is -2.99. The molecule has 2 saturated heterocycles. The summed E-state index contributed by atoms with van der Waals surface area (Å²) in [5.74, 6) is -0.857. The number of benzene rings is 1. The maximum Gasteiger partial charge on any atom is 0.416 e. The average molecular weight is 563 g/mol. The Morgan fingerprint density at radius 2 is 1.82 bits per heavy atom. The van der Waals surface area contributed by atoms with E-state index in [1.807, 2.05) is 25.7 Å². The minimum Gasteiger partial charge on any atom is -0.333 e. The van der Waals surface area contributed by atoms with Crippen LogP contribution in [0.4, 0.5) is 18.3 Å². The van der Waals surface area contributed by atoms with E-state index in [9.17, 15) is 22.8 Å². The van der Waals surface area contributed by atoms with E-state index in [-0.39, 0.29) is 28.2 Å². The first kappa shape index (κ1) is 27.6. The van der Waals surface area contributed by atoms with Crippen LogP contribution in [-0.4, -0.2) is 68.6 Å². The van der Waals surface area contributed by atoms with E-state index >= 15 is 0 Å². The number of thiazole rings is 1. The van der Waals surface area contributed by atoms with E-state index in [0.29, 0.717) is 22.6 Å². The molecule has 2 fully saturated rings. The molecule has 1 atom stereocenters. The number of nitrogens with one attached hydrogen (secondary N) is 1. The van der Waals surface area contributed by atoms with Crippen LogP contribution in [0.3, 0.4) is 0 Å². The first-order chi connectivity index (χ1) is 18.3. The minimum atomic E-state index is -4.57. The van der Waals surface area contributed by atoms with Gasteiger partial charge in [-0.2, -0.15) is 23.3 Å². The van der Waals surface area contributed by atoms with E-state index < -0.39 is 23.2 Å². The molecule has 0 aliphatic carbocycles. The van der Waals surface area contributed by atoms with E-state index in [1.165, 1.54) is 31.9 Å². The number of nitrogens with zero attached hydrogens (tertiary/aromatic N) is 5. The first-order valence-electron chi connectivity index (χ1n) is 13.3. The molecule has 1 N–H and O–H groups in total. The molecule has 0 radical (unpaired) electrons. The molecule has 39 heavy (non-hydrogen) atoms. The van der Waals surface area contributed by atoms with Gasteiger partial charge in [-0.05, 0) is 84.2 Å². The molecule has 5 rings (SSSR count). The molecule has 2 aliphatic heterocycles. The Kier molecular flexibility index (Phi) is 7.21. The number of anilines is 1. The van der Waals surface area contributed by atoms with Crippen LogP contribution in [0.1, 0.15) is 78.4 Å². The molecular formula is C27H33F3N6O2S. The lowest BCUT2D eigenvalue weighted by Crippen LogP contribution is -2.42. The second-order valence-electron chi connectivity index (χ2n) is 11.4. The molecule has 2 amide bonds. The maximum atomic E-state index is 13.8. The zero-order chi connectivity index (χ0) is 28.1. The number of aromatic nitrogens is 3. The van der Waals surface area contributed by atoms with Crippen LogP contribution in [0.5, 0.6) is 0 Å². The average Bonchev–Trinajstić information content (AvgIpc) is 3.63. The van der Waals surface area contributed by atoms with E-state index in [4.69, 9.17) is 0 Å². The molecule has 2 aliphatic rings. The quantitative estimate of drug-likeness (QED) is 0.442. The van der Waals surface area contributed by atoms with Gasteiger partial charge in [0.2, 0.25) is 0 Å². The SMILES string of the molecule is Cc1ccc(C(=O)Nc2nc3c(s2)c(C(=O)N2CCC[C@H]2CN2CCCC2)nn3C(C)(C)C)cc1C(F)(F)F. The lowest BCUT2D eigenvalue weighted by molar-refractivity contribution is -0.138. The number of hydrogen-bond donors (Lipinski definition) is 1. The van der Waals surface area contributed by atoms with Crippen molar-refractivity contribution >= 4 is 38.6 Å². The van der Waals surface area contributed by atoms with Crippen LogP contribution >= 0.6 is 11.3 Å². The third-order valence-corrected chi connectivity index (χ3v) is 8.36. The normalized spacial score (nSPS) is 18.8. The van der Waals surface area contributed by atoms with Crippen LogP contribution in [0.2, 0.25) is 0 Å². The molecular weight excluding hydrogens is 529 g/mol. The number of carbonyl (C=O) groups excluding carboxylic acids is 2. The largest absolute Gasteiger partial charge is 0.416 e. The second kappa shape index (κ2) is 10.2. The molecule has 0 saturated carbocycles. The summed E-state index contributed by atoms with van der Waals surface area (Å²) in [6.45, 7) is 10.8. The lowest BCUT2D eigenvalue weighted by atomic mass is 10.0. The van der Waals surface area contributed by atoms with Gasteiger partial charge >= 0.3 is 6.18 Å². The number of alkyl halides is 3. The van der Waals surface area contributed by atoms with Crippen molar-refractivity contribution in [3.63, 3.8) is 0 Å². The standard InChI is InChI=1S/C27H33F3N6O2S/c1-16-9-10-17(14-19(16)27(28,29)30)23(37)32-25-31-22-21(39-25)20(33-36(22)26(2,3)4)24(38)35-13-7-8-18(35)15-34-11-5-6-12-34/h9-10,14,18H,5-8,11-13,15H2,1-4H3,(H,31,32,37)/t18-/m0/s1. The van der Waals surface area contributed by atoms with Crippen LogP contribution in [-0.2, 0) is 11.7 Å². The Balaban J connectivity index is 1.44. The molecule has 8 nitrogen and oxygen atoms in total. The number of aryl methyl sites for hydroxylation is 1. The Morgan fingerprint density at radius 1 is 1.10 bits per heavy atom. The van der Waals surface area contributed by atoms with Crippen LogP contribution in [0.15, 0.2) is 18.2 Å². The van der Waals surface area contributed by atoms with Crippen LogP contribution < -0.4 is 5.32 Å². The van der Waals surface area contributed by atoms with Gasteiger partial charge in [0.05, 0.1) is 11.1 Å². The highest BCUT2D eigenvalue weighted by atomic mass is 32.1. The molecule has 210 valence electrons. The van der Waals surface area contributed by atoms with Crippen LogP contribution in [0, 0.1) is 6.92 Å². The van der Waals surface area contributed by atoms with Gasteiger partial charge in [0.25, 0.3) is 11.8 Å². The first-order valence-corrected chi connectivity index (χ1v) is 14.1. The third kappa shape index (κ3) is 5.54. The van der Waals surface area contributed by atoms with Crippen LogP contribution in [0.25, 0.3) is 10.3 Å². The van der Waals surface area contributed by atoms with Crippen molar-refractivity contribution in [3.05, 3.63) is 40.6 Å². The summed E-state index contributed by atoms with van der Waals surface area (Å²) in [4.78, 5) is 35.6. The molecule has 0 bridgehead atoms. The van der Waals surface area contributed by atoms with E-state index in [0.717, 1.165) is 49.9 Å². The van der Waals surface area contributed by atoms with Gasteiger partial charge in [-0.1, -0.05) is 17.4 Å². The zero-order valence-corrected chi connectivity index (χ0v) is 23.4. The van der Waals surface area contributed by atoms with Crippen molar-refractivity contribution < 1.29 is 22.8 Å². The van der Waals surface area contributed by atoms with Gasteiger partial charge in [-0.3, -0.25) is 14.9 Å². The topological polar surface area (TPSA) is 83.4 Å². The molecule has 2 aromatic heterocycles. The number of carbonyl (C=O) groups is 2. The molecule has 12 heteroatoms. The summed E-state index contributed by atoms with van der Waals surface area (Å²) in [6, 6.07) is 3.60. The maximum absolute atomic E-state index is 13.8. The second-order valence-corrected chi connectivity index (χ2v) is 12.4. The number of amides is 2. The van der Waals surface area contributed by atoms with Crippen molar-refractivity contribution in [2.75, 3.05) is 31.5 Å². The summed E-state index contributed by atoms with van der Waals surface area (Å²) in [5, 5.41) is 7.51. The molecule has 4 heterocycles. The van der Waals surface area contributed by atoms with Gasteiger partial charge in [0, 0.05) is 24.7 Å². The van der Waals surface area contributed by atoms with Gasteiger partial charge in [0.1, 0.15) is 4.70 Å². The summed E-state index contributed by atoms with van der Waals surface area (Å²) < 4.78 is 42.3. The van der Waals surface area contributed by atoms with E-state index in [2.05, 4.69) is 20.3 Å². The van der Waals surface area contributed by atoms with Gasteiger partial charge in [0.15, 0.2) is 16.5 Å². The monoisotopic (exact) mass is 562 g/mol. The highest BCUT2D eigenvalue weighted by Crippen LogP contribution is 2.35. The highest BCUT2D eigenvalue weighted by Gasteiger charge is 2.36. The Labute approximate surface area is 229 Å². The fourth-order valence-corrected chi connectivity index (χ4v) is 6.31. The fraction of sp³-hybridized carbons (Fsp3) is 0.556. The molecule has 0 spiro atoms. The number of fused-ring (bicyclic) bond motifs is 1. The predicted octanol–water partition coefficient (Wildman–Crippen LogP) is 5.53. The van der Waals surface area contributed by atoms with Gasteiger partial charge < -0.3 is 9.80 Å². The lowest BCUT2D eigenvalue weighted by Gasteiger charge is -2.28. The summed E-state index contributed by atoms with van der Waals surface area (Å²) >= 11 is 1.11. The number of likely N-dealkylation sites (tertiary alicyclic amines) is 2. The zero-order valence-electron chi connectivity index (χ0n) is 22.6. The van der Waals surface area contributed by atoms with E-state index in [1.54, 1.807) is 4.68 Å². The highest BCUT2D eigenvalue weighted by molar-refractivity contribution is 7.22.